The smallest absolute Gasteiger partial charge is 0.0671 e. The van der Waals surface area contributed by atoms with Crippen molar-refractivity contribution in [3.63, 3.8) is 0 Å². The van der Waals surface area contributed by atoms with Gasteiger partial charge >= 0.3 is 0 Å². The number of hydrogen-bond donors (Lipinski definition) is 1. The number of rotatable bonds is 8. The van der Waals surface area contributed by atoms with Crippen molar-refractivity contribution in [1.82, 2.24) is 5.32 Å². The molecular formula is C17H26BrN3. The Labute approximate surface area is 137 Å². The van der Waals surface area contributed by atoms with Crippen LogP contribution >= 0.6 is 15.9 Å². The van der Waals surface area contributed by atoms with Gasteiger partial charge < -0.3 is 10.2 Å². The molecule has 0 fully saturated rings. The number of nitrogens with one attached hydrogen (secondary N) is 1. The van der Waals surface area contributed by atoms with Gasteiger partial charge in [0.05, 0.1) is 12.0 Å². The lowest BCUT2D eigenvalue weighted by Crippen LogP contribution is -2.28. The monoisotopic (exact) mass is 351 g/mol. The molecule has 0 radical (unpaired) electrons. The molecule has 0 amide bonds. The van der Waals surface area contributed by atoms with E-state index in [1.807, 2.05) is 6.92 Å². The molecule has 116 valence electrons. The molecule has 0 aliphatic heterocycles. The zero-order valence-corrected chi connectivity index (χ0v) is 15.1. The summed E-state index contributed by atoms with van der Waals surface area (Å²) in [6, 6.07) is 9.12. The van der Waals surface area contributed by atoms with Crippen LogP contribution in [0.1, 0.15) is 45.7 Å². The van der Waals surface area contributed by atoms with Crippen molar-refractivity contribution in [1.29, 1.82) is 5.26 Å². The summed E-state index contributed by atoms with van der Waals surface area (Å²) in [5.41, 5.74) is 2.44. The average Bonchev–Trinajstić information content (AvgIpc) is 2.49. The van der Waals surface area contributed by atoms with E-state index >= 15 is 0 Å². The number of nitrogens with zero attached hydrogens (tertiary/aromatic N) is 2. The predicted molar refractivity (Wildman–Crippen MR) is 93.5 cm³/mol. The van der Waals surface area contributed by atoms with Crippen molar-refractivity contribution in [3.8, 4) is 6.07 Å². The highest BCUT2D eigenvalue weighted by Gasteiger charge is 2.13. The fourth-order valence-electron chi connectivity index (χ4n) is 2.32. The van der Waals surface area contributed by atoms with E-state index in [4.69, 9.17) is 5.26 Å². The van der Waals surface area contributed by atoms with Crippen LogP contribution in [0.15, 0.2) is 22.7 Å². The molecule has 0 aliphatic carbocycles. The lowest BCUT2D eigenvalue weighted by atomic mass is 10.1. The van der Waals surface area contributed by atoms with Crippen molar-refractivity contribution in [2.24, 2.45) is 5.92 Å². The summed E-state index contributed by atoms with van der Waals surface area (Å²) in [5.74, 6) is 0.0357. The van der Waals surface area contributed by atoms with Crippen LogP contribution in [-0.4, -0.2) is 19.6 Å². The maximum Gasteiger partial charge on any atom is 0.0671 e. The van der Waals surface area contributed by atoms with E-state index in [1.165, 1.54) is 5.56 Å². The Bertz CT molecular complexity index is 481. The number of benzene rings is 1. The quantitative estimate of drug-likeness (QED) is 0.749. The molecule has 0 saturated heterocycles. The molecule has 21 heavy (non-hydrogen) atoms. The molecule has 2 atom stereocenters. The molecule has 2 unspecified atom stereocenters. The van der Waals surface area contributed by atoms with E-state index < -0.39 is 0 Å². The Morgan fingerprint density at radius 2 is 2.05 bits per heavy atom. The van der Waals surface area contributed by atoms with E-state index in [1.54, 1.807) is 0 Å². The summed E-state index contributed by atoms with van der Waals surface area (Å²) in [4.78, 5) is 2.24. The van der Waals surface area contributed by atoms with Crippen LogP contribution in [0.4, 0.5) is 5.69 Å². The van der Waals surface area contributed by atoms with Crippen LogP contribution in [0.25, 0.3) is 0 Å². The first-order valence-corrected chi connectivity index (χ1v) is 8.50. The second kappa shape index (κ2) is 9.07. The number of anilines is 1. The van der Waals surface area contributed by atoms with Gasteiger partial charge in [-0.05, 0) is 51.4 Å². The first-order chi connectivity index (χ1) is 10.0. The molecule has 0 spiro atoms. The summed E-state index contributed by atoms with van der Waals surface area (Å²) < 4.78 is 1.12. The van der Waals surface area contributed by atoms with Gasteiger partial charge in [-0.1, -0.05) is 28.9 Å². The molecule has 1 rings (SSSR count). The highest BCUT2D eigenvalue weighted by Crippen LogP contribution is 2.28. The standard InChI is InChI=1S/C17H26BrN3/c1-5-9-20-14(4)16-8-7-15(10-17(16)18)21(6-2)12-13(3)11-19/h7-8,10,13-14,20H,5-6,9,12H2,1-4H3. The minimum atomic E-state index is 0.0357. The Balaban J connectivity index is 2.87. The van der Waals surface area contributed by atoms with Gasteiger partial charge in [-0.25, -0.2) is 0 Å². The fraction of sp³-hybridized carbons (Fsp3) is 0.588. The van der Waals surface area contributed by atoms with E-state index in [9.17, 15) is 0 Å². The van der Waals surface area contributed by atoms with Gasteiger partial charge in [-0.3, -0.25) is 0 Å². The van der Waals surface area contributed by atoms with Crippen LogP contribution in [-0.2, 0) is 0 Å². The van der Waals surface area contributed by atoms with E-state index in [-0.39, 0.29) is 5.92 Å². The molecule has 1 aromatic rings. The highest BCUT2D eigenvalue weighted by atomic mass is 79.9. The van der Waals surface area contributed by atoms with Crippen molar-refractivity contribution >= 4 is 21.6 Å². The van der Waals surface area contributed by atoms with Crippen molar-refractivity contribution in [2.45, 2.75) is 40.2 Å². The van der Waals surface area contributed by atoms with Gasteiger partial charge in [0.1, 0.15) is 0 Å². The lowest BCUT2D eigenvalue weighted by molar-refractivity contribution is 0.569. The topological polar surface area (TPSA) is 39.1 Å². The van der Waals surface area contributed by atoms with Gasteiger partial charge in [0.25, 0.3) is 0 Å². The average molecular weight is 352 g/mol. The summed E-state index contributed by atoms with van der Waals surface area (Å²) in [6.07, 6.45) is 1.13. The summed E-state index contributed by atoms with van der Waals surface area (Å²) in [5, 5.41) is 12.5. The third-order valence-corrected chi connectivity index (χ3v) is 4.30. The molecule has 4 heteroatoms. The molecule has 0 aliphatic rings. The highest BCUT2D eigenvalue weighted by molar-refractivity contribution is 9.10. The molecule has 1 N–H and O–H groups in total. The van der Waals surface area contributed by atoms with Crippen molar-refractivity contribution < 1.29 is 0 Å². The van der Waals surface area contributed by atoms with E-state index in [0.29, 0.717) is 6.04 Å². The third kappa shape index (κ3) is 5.33. The zero-order chi connectivity index (χ0) is 15.8. The van der Waals surface area contributed by atoms with Crippen LogP contribution in [0.3, 0.4) is 0 Å². The van der Waals surface area contributed by atoms with Gasteiger partial charge in [0.15, 0.2) is 0 Å². The Kier molecular flexibility index (Phi) is 7.77. The predicted octanol–water partition coefficient (Wildman–Crippen LogP) is 4.50. The lowest BCUT2D eigenvalue weighted by Gasteiger charge is -2.25. The maximum absolute atomic E-state index is 8.99. The second-order valence-corrected chi connectivity index (χ2v) is 6.30. The second-order valence-electron chi connectivity index (χ2n) is 5.45. The number of hydrogen-bond acceptors (Lipinski definition) is 3. The summed E-state index contributed by atoms with van der Waals surface area (Å²) in [6.45, 7) is 11.1. The van der Waals surface area contributed by atoms with Gasteiger partial charge in [-0.15, -0.1) is 0 Å². The van der Waals surface area contributed by atoms with Gasteiger partial charge in [0.2, 0.25) is 0 Å². The molecule has 1 aromatic carbocycles. The van der Waals surface area contributed by atoms with Crippen molar-refractivity contribution in [3.05, 3.63) is 28.2 Å². The first kappa shape index (κ1) is 18.0. The molecule has 0 aromatic heterocycles. The van der Waals surface area contributed by atoms with Crippen LogP contribution < -0.4 is 10.2 Å². The minimum absolute atomic E-state index is 0.0357. The fourth-order valence-corrected chi connectivity index (χ4v) is 3.03. The SMILES string of the molecule is CCCNC(C)c1ccc(N(CC)CC(C)C#N)cc1Br. The van der Waals surface area contributed by atoms with E-state index in [2.05, 4.69) is 71.2 Å². The molecule has 0 saturated carbocycles. The summed E-state index contributed by atoms with van der Waals surface area (Å²) in [7, 11) is 0. The van der Waals surface area contributed by atoms with Crippen molar-refractivity contribution in [2.75, 3.05) is 24.5 Å². The Morgan fingerprint density at radius 1 is 1.33 bits per heavy atom. The van der Waals surface area contributed by atoms with Crippen LogP contribution in [0, 0.1) is 17.2 Å². The van der Waals surface area contributed by atoms with Gasteiger partial charge in [-0.2, -0.15) is 5.26 Å². The zero-order valence-electron chi connectivity index (χ0n) is 13.5. The van der Waals surface area contributed by atoms with Crippen LogP contribution in [0.5, 0.6) is 0 Å². The maximum atomic E-state index is 8.99. The molecule has 0 heterocycles. The minimum Gasteiger partial charge on any atom is -0.370 e. The molecule has 0 bridgehead atoms. The van der Waals surface area contributed by atoms with E-state index in [0.717, 1.165) is 36.2 Å². The largest absolute Gasteiger partial charge is 0.370 e. The Morgan fingerprint density at radius 3 is 2.57 bits per heavy atom. The Hall–Kier alpha value is -1.05. The third-order valence-electron chi connectivity index (χ3n) is 3.61. The normalized spacial score (nSPS) is 13.5. The number of nitriles is 1. The summed E-state index contributed by atoms with van der Waals surface area (Å²) >= 11 is 3.69. The molecular weight excluding hydrogens is 326 g/mol. The van der Waals surface area contributed by atoms with Gasteiger partial charge in [0, 0.05) is 29.3 Å². The molecule has 3 nitrogen and oxygen atoms in total. The first-order valence-electron chi connectivity index (χ1n) is 7.70. The van der Waals surface area contributed by atoms with Crippen LogP contribution in [0.2, 0.25) is 0 Å². The number of halogens is 1.